The molecule has 1 aliphatic rings. The van der Waals surface area contributed by atoms with Crippen molar-refractivity contribution in [3.05, 3.63) is 35.4 Å². The Labute approximate surface area is 96.3 Å². The van der Waals surface area contributed by atoms with Gasteiger partial charge in [0.1, 0.15) is 0 Å². The first-order chi connectivity index (χ1) is 7.62. The predicted octanol–water partition coefficient (Wildman–Crippen LogP) is 3.04. The van der Waals surface area contributed by atoms with E-state index in [1.54, 1.807) is 6.92 Å². The van der Waals surface area contributed by atoms with E-state index in [0.29, 0.717) is 5.56 Å². The number of rotatable bonds is 2. The van der Waals surface area contributed by atoms with Crippen molar-refractivity contribution in [2.75, 3.05) is 0 Å². The molecule has 0 atom stereocenters. The van der Waals surface area contributed by atoms with Gasteiger partial charge in [-0.3, -0.25) is 4.79 Å². The van der Waals surface area contributed by atoms with Crippen LogP contribution in [-0.2, 0) is 5.60 Å². The van der Waals surface area contributed by atoms with Crippen molar-refractivity contribution in [2.45, 2.75) is 44.6 Å². The van der Waals surface area contributed by atoms with Crippen LogP contribution in [0.4, 0.5) is 0 Å². The molecule has 16 heavy (non-hydrogen) atoms. The van der Waals surface area contributed by atoms with Crippen LogP contribution < -0.4 is 0 Å². The molecule has 1 N–H and O–H groups in total. The van der Waals surface area contributed by atoms with E-state index in [0.717, 1.165) is 31.2 Å². The van der Waals surface area contributed by atoms with Gasteiger partial charge in [-0.05, 0) is 25.3 Å². The van der Waals surface area contributed by atoms with Gasteiger partial charge < -0.3 is 5.11 Å². The summed E-state index contributed by atoms with van der Waals surface area (Å²) in [4.78, 5) is 11.2. The zero-order valence-electron chi connectivity index (χ0n) is 9.70. The molecule has 0 spiro atoms. The van der Waals surface area contributed by atoms with Crippen molar-refractivity contribution >= 4 is 5.78 Å². The SMILES string of the molecule is CC(=O)c1ccc(C2(O)CCCCC2)cc1. The van der Waals surface area contributed by atoms with Crippen LogP contribution in [0, 0.1) is 0 Å². The third-order valence-electron chi connectivity index (χ3n) is 3.51. The molecule has 1 aromatic rings. The van der Waals surface area contributed by atoms with E-state index < -0.39 is 5.60 Å². The molecule has 1 saturated carbocycles. The summed E-state index contributed by atoms with van der Waals surface area (Å²) in [6.07, 6.45) is 5.07. The predicted molar refractivity (Wildman–Crippen MR) is 63.4 cm³/mol. The average Bonchev–Trinajstić information content (AvgIpc) is 2.30. The summed E-state index contributed by atoms with van der Waals surface area (Å²) in [6, 6.07) is 7.40. The molecule has 0 amide bonds. The van der Waals surface area contributed by atoms with Crippen LogP contribution in [0.1, 0.15) is 54.9 Å². The van der Waals surface area contributed by atoms with Gasteiger partial charge in [0.15, 0.2) is 5.78 Å². The lowest BCUT2D eigenvalue weighted by molar-refractivity contribution is -0.000646. The first-order valence-corrected chi connectivity index (χ1v) is 5.96. The number of carbonyl (C=O) groups excluding carboxylic acids is 1. The van der Waals surface area contributed by atoms with Gasteiger partial charge in [-0.25, -0.2) is 0 Å². The second-order valence-corrected chi connectivity index (χ2v) is 4.73. The monoisotopic (exact) mass is 218 g/mol. The van der Waals surface area contributed by atoms with Gasteiger partial charge in [-0.2, -0.15) is 0 Å². The van der Waals surface area contributed by atoms with Crippen molar-refractivity contribution in [1.29, 1.82) is 0 Å². The Morgan fingerprint density at radius 1 is 1.12 bits per heavy atom. The molecule has 0 heterocycles. The number of Topliss-reactive ketones (excluding diaryl/α,β-unsaturated/α-hetero) is 1. The minimum absolute atomic E-state index is 0.0715. The molecule has 2 nitrogen and oxygen atoms in total. The van der Waals surface area contributed by atoms with Crippen molar-refractivity contribution in [2.24, 2.45) is 0 Å². The molecule has 2 rings (SSSR count). The lowest BCUT2D eigenvalue weighted by Crippen LogP contribution is -2.28. The maximum atomic E-state index is 11.2. The fourth-order valence-corrected chi connectivity index (χ4v) is 2.44. The highest BCUT2D eigenvalue weighted by atomic mass is 16.3. The minimum Gasteiger partial charge on any atom is -0.385 e. The van der Waals surface area contributed by atoms with E-state index in [-0.39, 0.29) is 5.78 Å². The molecule has 0 bridgehead atoms. The first-order valence-electron chi connectivity index (χ1n) is 5.96. The van der Waals surface area contributed by atoms with Crippen molar-refractivity contribution < 1.29 is 9.90 Å². The molecule has 0 aliphatic heterocycles. The van der Waals surface area contributed by atoms with Crippen LogP contribution in [0.25, 0.3) is 0 Å². The molecule has 0 saturated heterocycles. The molecular weight excluding hydrogens is 200 g/mol. The third-order valence-corrected chi connectivity index (χ3v) is 3.51. The molecule has 1 aliphatic carbocycles. The van der Waals surface area contributed by atoms with E-state index in [9.17, 15) is 9.90 Å². The summed E-state index contributed by atoms with van der Waals surface area (Å²) in [7, 11) is 0. The van der Waals surface area contributed by atoms with Gasteiger partial charge in [0.05, 0.1) is 5.60 Å². The van der Waals surface area contributed by atoms with Gasteiger partial charge in [0.2, 0.25) is 0 Å². The topological polar surface area (TPSA) is 37.3 Å². The van der Waals surface area contributed by atoms with Gasteiger partial charge in [0.25, 0.3) is 0 Å². The molecule has 2 heteroatoms. The molecule has 1 aromatic carbocycles. The van der Waals surface area contributed by atoms with Crippen molar-refractivity contribution in [3.8, 4) is 0 Å². The molecule has 0 aromatic heterocycles. The Balaban J connectivity index is 2.23. The van der Waals surface area contributed by atoms with Gasteiger partial charge in [0, 0.05) is 5.56 Å². The molecule has 0 radical (unpaired) electrons. The maximum Gasteiger partial charge on any atom is 0.159 e. The summed E-state index contributed by atoms with van der Waals surface area (Å²) in [5.41, 5.74) is 1.01. The normalized spacial score (nSPS) is 19.4. The van der Waals surface area contributed by atoms with Crippen molar-refractivity contribution in [3.63, 3.8) is 0 Å². The van der Waals surface area contributed by atoms with Crippen LogP contribution in [0.15, 0.2) is 24.3 Å². The number of benzene rings is 1. The fraction of sp³-hybridized carbons (Fsp3) is 0.500. The zero-order chi connectivity index (χ0) is 11.6. The van der Waals surface area contributed by atoms with Crippen LogP contribution in [-0.4, -0.2) is 10.9 Å². The van der Waals surface area contributed by atoms with Crippen LogP contribution >= 0.6 is 0 Å². The first kappa shape index (κ1) is 11.3. The van der Waals surface area contributed by atoms with E-state index in [1.807, 2.05) is 24.3 Å². The number of carbonyl (C=O) groups is 1. The third kappa shape index (κ3) is 2.17. The van der Waals surface area contributed by atoms with Gasteiger partial charge in [-0.1, -0.05) is 43.5 Å². The van der Waals surface area contributed by atoms with Gasteiger partial charge in [-0.15, -0.1) is 0 Å². The second kappa shape index (κ2) is 4.38. The summed E-state index contributed by atoms with van der Waals surface area (Å²) in [5.74, 6) is 0.0715. The highest BCUT2D eigenvalue weighted by Crippen LogP contribution is 2.36. The minimum atomic E-state index is -0.659. The summed E-state index contributed by atoms with van der Waals surface area (Å²) in [5, 5.41) is 10.5. The molecule has 1 fully saturated rings. The average molecular weight is 218 g/mol. The Hall–Kier alpha value is -1.15. The summed E-state index contributed by atoms with van der Waals surface area (Å²) < 4.78 is 0. The van der Waals surface area contributed by atoms with Crippen LogP contribution in [0.5, 0.6) is 0 Å². The van der Waals surface area contributed by atoms with E-state index in [4.69, 9.17) is 0 Å². The highest BCUT2D eigenvalue weighted by Gasteiger charge is 2.30. The zero-order valence-corrected chi connectivity index (χ0v) is 9.70. The van der Waals surface area contributed by atoms with E-state index in [2.05, 4.69) is 0 Å². The Morgan fingerprint density at radius 3 is 2.19 bits per heavy atom. The molecular formula is C14H18O2. The molecule has 0 unspecified atom stereocenters. The smallest absolute Gasteiger partial charge is 0.159 e. The summed E-state index contributed by atoms with van der Waals surface area (Å²) >= 11 is 0. The second-order valence-electron chi connectivity index (χ2n) is 4.73. The largest absolute Gasteiger partial charge is 0.385 e. The van der Waals surface area contributed by atoms with Crippen LogP contribution in [0.3, 0.4) is 0 Å². The standard InChI is InChI=1S/C14H18O2/c1-11(15)12-5-7-13(8-6-12)14(16)9-3-2-4-10-14/h5-8,16H,2-4,9-10H2,1H3. The van der Waals surface area contributed by atoms with E-state index >= 15 is 0 Å². The Kier molecular flexibility index (Phi) is 3.10. The lowest BCUT2D eigenvalue weighted by atomic mass is 9.79. The Bertz CT molecular complexity index is 372. The number of hydrogen-bond donors (Lipinski definition) is 1. The number of aliphatic hydroxyl groups is 1. The maximum absolute atomic E-state index is 11.2. The van der Waals surface area contributed by atoms with E-state index in [1.165, 1.54) is 6.42 Å². The lowest BCUT2D eigenvalue weighted by Gasteiger charge is -2.32. The highest BCUT2D eigenvalue weighted by molar-refractivity contribution is 5.94. The van der Waals surface area contributed by atoms with Crippen LogP contribution in [0.2, 0.25) is 0 Å². The quantitative estimate of drug-likeness (QED) is 0.775. The fourth-order valence-electron chi connectivity index (χ4n) is 2.44. The summed E-state index contributed by atoms with van der Waals surface area (Å²) in [6.45, 7) is 1.56. The molecule has 86 valence electrons. The number of ketones is 1. The van der Waals surface area contributed by atoms with Crippen molar-refractivity contribution in [1.82, 2.24) is 0 Å². The Morgan fingerprint density at radius 2 is 1.69 bits per heavy atom. The number of hydrogen-bond acceptors (Lipinski definition) is 2. The van der Waals surface area contributed by atoms with Gasteiger partial charge >= 0.3 is 0 Å².